The average Bonchev–Trinajstić information content (AvgIpc) is 2.46. The summed E-state index contributed by atoms with van der Waals surface area (Å²) in [5.74, 6) is 0. The zero-order chi connectivity index (χ0) is 14.5. The third-order valence-electron chi connectivity index (χ3n) is 3.44. The molecule has 0 radical (unpaired) electrons. The van der Waals surface area contributed by atoms with E-state index in [1.165, 1.54) is 20.9 Å². The van der Waals surface area contributed by atoms with Crippen LogP contribution in [0.3, 0.4) is 0 Å². The quantitative estimate of drug-likeness (QED) is 0.874. The van der Waals surface area contributed by atoms with E-state index in [0.717, 1.165) is 12.1 Å². The van der Waals surface area contributed by atoms with Gasteiger partial charge in [0.25, 0.3) is 0 Å². The maximum atomic E-state index is 4.59. The molecule has 20 heavy (non-hydrogen) atoms. The number of nitrogens with zero attached hydrogens (tertiary/aromatic N) is 1. The Balaban J connectivity index is 2.16. The summed E-state index contributed by atoms with van der Waals surface area (Å²) in [6.07, 6.45) is 3.02. The predicted molar refractivity (Wildman–Crippen MR) is 86.4 cm³/mol. The van der Waals surface area contributed by atoms with Crippen molar-refractivity contribution in [3.05, 3.63) is 53.3 Å². The second-order valence-corrected chi connectivity index (χ2v) is 6.15. The molecule has 2 rings (SSSR count). The highest BCUT2D eigenvalue weighted by molar-refractivity contribution is 7.99. The minimum Gasteiger partial charge on any atom is -0.312 e. The topological polar surface area (TPSA) is 24.9 Å². The van der Waals surface area contributed by atoms with E-state index >= 15 is 0 Å². The third-order valence-corrected chi connectivity index (χ3v) is 4.58. The molecule has 1 unspecified atom stereocenters. The minimum absolute atomic E-state index is 0.342. The van der Waals surface area contributed by atoms with Crippen molar-refractivity contribution in [3.8, 4) is 0 Å². The Morgan fingerprint density at radius 2 is 2.00 bits per heavy atom. The van der Waals surface area contributed by atoms with E-state index in [9.17, 15) is 0 Å². The van der Waals surface area contributed by atoms with Gasteiger partial charge in [0, 0.05) is 22.0 Å². The Kier molecular flexibility index (Phi) is 5.21. The summed E-state index contributed by atoms with van der Waals surface area (Å²) in [5.41, 5.74) is 3.72. The van der Waals surface area contributed by atoms with Crippen LogP contribution in [0.2, 0.25) is 0 Å². The second kappa shape index (κ2) is 6.91. The smallest absolute Gasteiger partial charge is 0.0573 e. The van der Waals surface area contributed by atoms with E-state index in [1.807, 2.05) is 13.2 Å². The van der Waals surface area contributed by atoms with E-state index in [1.54, 1.807) is 11.8 Å². The molecule has 0 aliphatic rings. The Hall–Kier alpha value is -1.32. The molecule has 0 amide bonds. The van der Waals surface area contributed by atoms with Gasteiger partial charge in [0.15, 0.2) is 0 Å². The van der Waals surface area contributed by atoms with Crippen molar-refractivity contribution in [1.29, 1.82) is 0 Å². The molecule has 0 bridgehead atoms. The maximum Gasteiger partial charge on any atom is 0.0573 e. The largest absolute Gasteiger partial charge is 0.312 e. The van der Waals surface area contributed by atoms with Crippen LogP contribution in [-0.4, -0.2) is 12.0 Å². The number of aryl methyl sites for hydroxylation is 2. The molecule has 1 heterocycles. The lowest BCUT2D eigenvalue weighted by Gasteiger charge is -2.13. The molecule has 106 valence electrons. The normalized spacial score (nSPS) is 12.4. The van der Waals surface area contributed by atoms with Gasteiger partial charge in [-0.25, -0.2) is 0 Å². The van der Waals surface area contributed by atoms with Crippen molar-refractivity contribution in [2.75, 3.05) is 7.05 Å². The van der Waals surface area contributed by atoms with Crippen LogP contribution < -0.4 is 5.32 Å². The van der Waals surface area contributed by atoms with Crippen LogP contribution in [0.1, 0.15) is 36.2 Å². The lowest BCUT2D eigenvalue weighted by molar-refractivity contribution is 0.561. The molecular formula is C17H22N2S. The standard InChI is InChI=1S/C17H22N2S/c1-5-15(18-4)16-9-8-14(11-19-16)20-17-10-12(2)6-7-13(17)3/h6-11,15,18H,5H2,1-4H3. The number of hydrogen-bond donors (Lipinski definition) is 1. The second-order valence-electron chi connectivity index (χ2n) is 5.04. The van der Waals surface area contributed by atoms with E-state index in [4.69, 9.17) is 0 Å². The fourth-order valence-electron chi connectivity index (χ4n) is 2.16. The average molecular weight is 286 g/mol. The summed E-state index contributed by atoms with van der Waals surface area (Å²) >= 11 is 1.78. The van der Waals surface area contributed by atoms with Gasteiger partial charge in [-0.3, -0.25) is 4.98 Å². The van der Waals surface area contributed by atoms with Crippen molar-refractivity contribution in [2.45, 2.75) is 43.0 Å². The molecule has 3 heteroatoms. The highest BCUT2D eigenvalue weighted by Crippen LogP contribution is 2.31. The van der Waals surface area contributed by atoms with Crippen LogP contribution in [0.4, 0.5) is 0 Å². The van der Waals surface area contributed by atoms with Gasteiger partial charge in [0.2, 0.25) is 0 Å². The minimum atomic E-state index is 0.342. The van der Waals surface area contributed by atoms with Gasteiger partial charge in [-0.1, -0.05) is 30.8 Å². The van der Waals surface area contributed by atoms with Crippen molar-refractivity contribution in [2.24, 2.45) is 0 Å². The summed E-state index contributed by atoms with van der Waals surface area (Å²) in [7, 11) is 1.98. The van der Waals surface area contributed by atoms with Crippen molar-refractivity contribution in [1.82, 2.24) is 10.3 Å². The lowest BCUT2D eigenvalue weighted by atomic mass is 10.1. The molecule has 0 fully saturated rings. The van der Waals surface area contributed by atoms with Gasteiger partial charge in [-0.05, 0) is 56.6 Å². The Morgan fingerprint density at radius 1 is 1.20 bits per heavy atom. The van der Waals surface area contributed by atoms with Crippen molar-refractivity contribution in [3.63, 3.8) is 0 Å². The van der Waals surface area contributed by atoms with Gasteiger partial charge in [0.1, 0.15) is 0 Å². The van der Waals surface area contributed by atoms with Crippen molar-refractivity contribution >= 4 is 11.8 Å². The number of nitrogens with one attached hydrogen (secondary N) is 1. The first-order chi connectivity index (χ1) is 9.63. The van der Waals surface area contributed by atoms with Gasteiger partial charge < -0.3 is 5.32 Å². The summed E-state index contributed by atoms with van der Waals surface area (Å²) in [4.78, 5) is 7.08. The Bertz CT molecular complexity index is 560. The molecule has 0 aliphatic heterocycles. The number of rotatable bonds is 5. The van der Waals surface area contributed by atoms with Gasteiger partial charge in [0.05, 0.1) is 5.69 Å². The summed E-state index contributed by atoms with van der Waals surface area (Å²) in [6.45, 7) is 6.45. The van der Waals surface area contributed by atoms with Gasteiger partial charge >= 0.3 is 0 Å². The molecule has 1 aromatic carbocycles. The summed E-state index contributed by atoms with van der Waals surface area (Å²) < 4.78 is 0. The fourth-order valence-corrected chi connectivity index (χ4v) is 3.13. The van der Waals surface area contributed by atoms with Crippen LogP contribution in [0.5, 0.6) is 0 Å². The molecule has 2 nitrogen and oxygen atoms in total. The lowest BCUT2D eigenvalue weighted by Crippen LogP contribution is -2.16. The van der Waals surface area contributed by atoms with Crippen LogP contribution in [-0.2, 0) is 0 Å². The highest BCUT2D eigenvalue weighted by Gasteiger charge is 2.08. The predicted octanol–water partition coefficient (Wildman–Crippen LogP) is 4.52. The Labute approximate surface area is 126 Å². The van der Waals surface area contributed by atoms with Crippen LogP contribution >= 0.6 is 11.8 Å². The molecule has 0 saturated carbocycles. The molecule has 0 aliphatic carbocycles. The van der Waals surface area contributed by atoms with Crippen LogP contribution in [0, 0.1) is 13.8 Å². The molecule has 1 aromatic heterocycles. The summed E-state index contributed by atoms with van der Waals surface area (Å²) in [6, 6.07) is 11.2. The van der Waals surface area contributed by atoms with Crippen LogP contribution in [0.15, 0.2) is 46.3 Å². The number of aromatic nitrogens is 1. The Morgan fingerprint density at radius 3 is 2.60 bits per heavy atom. The molecule has 2 aromatic rings. The first-order valence-corrected chi connectivity index (χ1v) is 7.84. The molecule has 0 spiro atoms. The zero-order valence-electron chi connectivity index (χ0n) is 12.6. The SMILES string of the molecule is CCC(NC)c1ccc(Sc2cc(C)ccc2C)cn1. The summed E-state index contributed by atoms with van der Waals surface area (Å²) in [5, 5.41) is 3.28. The van der Waals surface area contributed by atoms with Crippen molar-refractivity contribution < 1.29 is 0 Å². The van der Waals surface area contributed by atoms with E-state index in [-0.39, 0.29) is 0 Å². The first kappa shape index (κ1) is 15.1. The molecule has 1 atom stereocenters. The van der Waals surface area contributed by atoms with E-state index in [0.29, 0.717) is 6.04 Å². The highest BCUT2D eigenvalue weighted by atomic mass is 32.2. The van der Waals surface area contributed by atoms with Gasteiger partial charge in [-0.2, -0.15) is 0 Å². The fraction of sp³-hybridized carbons (Fsp3) is 0.353. The number of benzene rings is 1. The molecular weight excluding hydrogens is 264 g/mol. The zero-order valence-corrected chi connectivity index (χ0v) is 13.4. The number of hydrogen-bond acceptors (Lipinski definition) is 3. The number of pyridine rings is 1. The molecule has 1 N–H and O–H groups in total. The van der Waals surface area contributed by atoms with Gasteiger partial charge in [-0.15, -0.1) is 0 Å². The van der Waals surface area contributed by atoms with Crippen LogP contribution in [0.25, 0.3) is 0 Å². The third kappa shape index (κ3) is 3.62. The molecule has 0 saturated heterocycles. The first-order valence-electron chi connectivity index (χ1n) is 7.02. The van der Waals surface area contributed by atoms with E-state index in [2.05, 4.69) is 61.4 Å². The van der Waals surface area contributed by atoms with E-state index < -0.39 is 0 Å². The maximum absolute atomic E-state index is 4.59. The monoisotopic (exact) mass is 286 g/mol.